The first-order valence-corrected chi connectivity index (χ1v) is 25.9. The van der Waals surface area contributed by atoms with Crippen molar-refractivity contribution in [1.29, 1.82) is 0 Å². The van der Waals surface area contributed by atoms with Crippen LogP contribution < -0.4 is 0 Å². The molecule has 11 rings (SSSR count). The Kier molecular flexibility index (Phi) is 13.0. The molecule has 74 heavy (non-hydrogen) atoms. The van der Waals surface area contributed by atoms with Gasteiger partial charge in [-0.05, 0) is 126 Å². The number of furan rings is 1. The molecular weight excluding hydrogens is 1080 g/mol. The molecular formula is C69H69IrN3O-2. The zero-order chi connectivity index (χ0) is 54.2. The molecule has 0 spiro atoms. The zero-order valence-corrected chi connectivity index (χ0v) is 47.6. The van der Waals surface area contributed by atoms with Gasteiger partial charge in [0.2, 0.25) is 0 Å². The summed E-state index contributed by atoms with van der Waals surface area (Å²) in [5.41, 5.74) is 15.1. The summed E-state index contributed by atoms with van der Waals surface area (Å²) in [5, 5.41) is 6.49. The van der Waals surface area contributed by atoms with Gasteiger partial charge in [-0.15, -0.1) is 54.1 Å². The van der Waals surface area contributed by atoms with Crippen LogP contribution in [0.25, 0.3) is 94.0 Å². The Hall–Kier alpha value is -6.65. The normalized spacial score (nSPS) is 13.1. The van der Waals surface area contributed by atoms with Crippen LogP contribution in [0.3, 0.4) is 0 Å². The minimum atomic E-state index is -2.39. The summed E-state index contributed by atoms with van der Waals surface area (Å²) in [4.78, 5) is 9.73. The van der Waals surface area contributed by atoms with Gasteiger partial charge in [-0.2, -0.15) is 0 Å². The number of hydrogen-bond donors (Lipinski definition) is 0. The Morgan fingerprint density at radius 1 is 0.554 bits per heavy atom. The molecule has 0 fully saturated rings. The van der Waals surface area contributed by atoms with Gasteiger partial charge in [-0.1, -0.05) is 186 Å². The van der Waals surface area contributed by atoms with Gasteiger partial charge in [0.05, 0.1) is 22.4 Å². The molecule has 0 aliphatic rings. The van der Waals surface area contributed by atoms with Crippen LogP contribution in [0.1, 0.15) is 139 Å². The van der Waals surface area contributed by atoms with Gasteiger partial charge in [-0.3, -0.25) is 4.98 Å². The van der Waals surface area contributed by atoms with E-state index in [0.717, 1.165) is 60.8 Å². The molecule has 3 heterocycles. The second-order valence-corrected chi connectivity index (χ2v) is 23.5. The molecule has 0 amide bonds. The third-order valence-electron chi connectivity index (χ3n) is 14.5. The molecule has 4 nitrogen and oxygen atoms in total. The molecule has 377 valence electrons. The fourth-order valence-corrected chi connectivity index (χ4v) is 10.2. The molecule has 11 aromatic rings. The van der Waals surface area contributed by atoms with Crippen molar-refractivity contribution in [3.8, 4) is 39.5 Å². The largest absolute Gasteiger partial charge is 0.500 e. The fraction of sp³-hybridized carbons (Fsp3) is 0.275. The van der Waals surface area contributed by atoms with Crippen molar-refractivity contribution in [3.05, 3.63) is 197 Å². The second kappa shape index (κ2) is 19.9. The molecule has 0 atom stereocenters. The molecule has 0 unspecified atom stereocenters. The van der Waals surface area contributed by atoms with Gasteiger partial charge in [0.15, 0.2) is 0 Å². The predicted molar refractivity (Wildman–Crippen MR) is 311 cm³/mol. The molecule has 0 N–H and O–H groups in total. The summed E-state index contributed by atoms with van der Waals surface area (Å²) >= 11 is 0. The van der Waals surface area contributed by atoms with Crippen molar-refractivity contribution in [2.75, 3.05) is 0 Å². The summed E-state index contributed by atoms with van der Waals surface area (Å²) in [6.45, 7) is 26.8. The first kappa shape index (κ1) is 48.3. The van der Waals surface area contributed by atoms with E-state index < -0.39 is 6.85 Å². The van der Waals surface area contributed by atoms with Gasteiger partial charge in [0.1, 0.15) is 5.58 Å². The van der Waals surface area contributed by atoms with Crippen LogP contribution in [-0.4, -0.2) is 14.5 Å². The molecule has 0 saturated heterocycles. The van der Waals surface area contributed by atoms with Gasteiger partial charge < -0.3 is 14.0 Å². The van der Waals surface area contributed by atoms with E-state index in [0.29, 0.717) is 28.0 Å². The number of imidazole rings is 1. The van der Waals surface area contributed by atoms with E-state index in [9.17, 15) is 0 Å². The smallest absolute Gasteiger partial charge is 0.128 e. The maximum absolute atomic E-state index is 8.80. The standard InChI is InChI=1S/C54H53N2O.C15H16N.Ir/c1-31(2)45-28-36(35-26-37(53(6,7)8)30-38(27-35)54(9,10)11)29-46(32(3)4)49(45)56-48-33(5)16-14-21-47(48)55-52(56)44-20-15-19-41-43-25-24-40-39-18-13-12-17-34(39)22-23-42(40)50(43)57-51(41)44;1-15(2,3)13-9-10-16-14(11-13)12-7-5-4-6-8-12;/h12-19,21-32H,1-11H3;4-7,9-11H,1-3H3;/q2*-1;/i5D3;;. The van der Waals surface area contributed by atoms with Crippen LogP contribution in [0, 0.1) is 19.0 Å². The number of aromatic nitrogens is 3. The average Bonchev–Trinajstić information content (AvgIpc) is 4.07. The Bertz CT molecular complexity index is 3930. The van der Waals surface area contributed by atoms with Crippen LogP contribution in [0.5, 0.6) is 0 Å². The summed E-state index contributed by atoms with van der Waals surface area (Å²) in [5.74, 6) is 0.771. The number of hydrogen-bond acceptors (Lipinski definition) is 3. The molecule has 0 aliphatic heterocycles. The SMILES string of the molecule is CC(C)(C)c1ccnc(-c2[c-]cccc2)c1.[2H]C([2H])([2H])c1cccc2nc(-c3[c-]ccc4c3oc3c4ccc4c5ccccc5ccc43)n(-c3c(C(C)C)cc(-c4cc(C(C)(C)C)cc(C(C)(C)C)c4)cc3C(C)C)c12.[Ir]. The Morgan fingerprint density at radius 2 is 1.18 bits per heavy atom. The molecule has 0 saturated carbocycles. The zero-order valence-electron chi connectivity index (χ0n) is 48.2. The summed E-state index contributed by atoms with van der Waals surface area (Å²) in [7, 11) is 0. The third-order valence-corrected chi connectivity index (χ3v) is 14.5. The second-order valence-electron chi connectivity index (χ2n) is 23.5. The fourth-order valence-electron chi connectivity index (χ4n) is 10.2. The molecule has 5 heteroatoms. The molecule has 8 aromatic carbocycles. The van der Waals surface area contributed by atoms with Crippen molar-refractivity contribution >= 4 is 54.5 Å². The predicted octanol–water partition coefficient (Wildman–Crippen LogP) is 19.4. The Labute approximate surface area is 456 Å². The topological polar surface area (TPSA) is 43.9 Å². The molecule has 3 aromatic heterocycles. The van der Waals surface area contributed by atoms with Gasteiger partial charge in [0.25, 0.3) is 0 Å². The molecule has 0 bridgehead atoms. The van der Waals surface area contributed by atoms with E-state index in [1.54, 1.807) is 12.1 Å². The number of nitrogens with zero attached hydrogens (tertiary/aromatic N) is 3. The maximum Gasteiger partial charge on any atom is 0.128 e. The first-order valence-electron chi connectivity index (χ1n) is 27.4. The van der Waals surface area contributed by atoms with Crippen LogP contribution in [0.4, 0.5) is 0 Å². The molecule has 1 radical (unpaired) electrons. The van der Waals surface area contributed by atoms with Gasteiger partial charge in [0, 0.05) is 46.9 Å². The number of aryl methyl sites for hydroxylation is 1. The number of benzene rings is 8. The summed E-state index contributed by atoms with van der Waals surface area (Å²) < 4.78 is 35.5. The Morgan fingerprint density at radius 3 is 1.82 bits per heavy atom. The monoisotopic (exact) mass is 1150 g/mol. The maximum atomic E-state index is 8.80. The number of rotatable bonds is 6. The van der Waals surface area contributed by atoms with E-state index in [-0.39, 0.29) is 53.7 Å². The first-order chi connectivity index (χ1) is 35.9. The van der Waals surface area contributed by atoms with Crippen molar-refractivity contribution in [2.45, 2.75) is 125 Å². The third kappa shape index (κ3) is 9.78. The van der Waals surface area contributed by atoms with E-state index in [2.05, 4.69) is 209 Å². The van der Waals surface area contributed by atoms with Crippen LogP contribution >= 0.6 is 0 Å². The van der Waals surface area contributed by atoms with Crippen LogP contribution in [0.15, 0.2) is 156 Å². The van der Waals surface area contributed by atoms with Gasteiger partial charge >= 0.3 is 0 Å². The van der Waals surface area contributed by atoms with Crippen molar-refractivity contribution < 1.29 is 28.6 Å². The van der Waals surface area contributed by atoms with E-state index in [1.165, 1.54) is 33.0 Å². The number of fused-ring (bicyclic) bond motifs is 8. The van der Waals surface area contributed by atoms with E-state index >= 15 is 0 Å². The van der Waals surface area contributed by atoms with Crippen LogP contribution in [0.2, 0.25) is 0 Å². The van der Waals surface area contributed by atoms with Crippen molar-refractivity contribution in [1.82, 2.24) is 14.5 Å². The van der Waals surface area contributed by atoms with E-state index in [4.69, 9.17) is 13.5 Å². The average molecular weight is 1150 g/mol. The number of para-hydroxylation sites is 1. The van der Waals surface area contributed by atoms with Crippen LogP contribution in [-0.2, 0) is 36.4 Å². The molecule has 0 aliphatic carbocycles. The minimum absolute atomic E-state index is 0. The Balaban J connectivity index is 0.000000364. The number of pyridine rings is 1. The minimum Gasteiger partial charge on any atom is -0.500 e. The van der Waals surface area contributed by atoms with Gasteiger partial charge in [-0.25, -0.2) is 0 Å². The summed E-state index contributed by atoms with van der Waals surface area (Å²) in [6, 6.07) is 57.2. The van der Waals surface area contributed by atoms with Crippen molar-refractivity contribution in [3.63, 3.8) is 0 Å². The summed E-state index contributed by atoms with van der Waals surface area (Å²) in [6.07, 6.45) is 1.87. The quantitative estimate of drug-likeness (QED) is 0.123. The van der Waals surface area contributed by atoms with E-state index in [1.807, 2.05) is 42.6 Å². The van der Waals surface area contributed by atoms with Crippen molar-refractivity contribution in [2.24, 2.45) is 0 Å².